The zero-order valence-corrected chi connectivity index (χ0v) is 12.6. The van der Waals surface area contributed by atoms with Crippen molar-refractivity contribution in [2.75, 3.05) is 14.2 Å². The lowest BCUT2D eigenvalue weighted by atomic mass is 10.2. The number of thioether (sulfide) groups is 1. The number of benzene rings is 2. The van der Waals surface area contributed by atoms with Gasteiger partial charge in [0, 0.05) is 28.3 Å². The van der Waals surface area contributed by atoms with Crippen LogP contribution in [0.3, 0.4) is 0 Å². The van der Waals surface area contributed by atoms with E-state index in [4.69, 9.17) is 9.47 Å². The fraction of sp³-hybridized carbons (Fsp3) is 0.200. The zero-order chi connectivity index (χ0) is 15.2. The van der Waals surface area contributed by atoms with E-state index in [1.165, 1.54) is 6.07 Å². The molecule has 0 unspecified atom stereocenters. The third-order valence-corrected chi connectivity index (χ3v) is 3.95. The van der Waals surface area contributed by atoms with Gasteiger partial charge in [-0.1, -0.05) is 6.07 Å². The van der Waals surface area contributed by atoms with Gasteiger partial charge in [-0.2, -0.15) is 0 Å². The summed E-state index contributed by atoms with van der Waals surface area (Å²) in [5, 5.41) is 10.9. The minimum atomic E-state index is -0.404. The molecule has 0 fully saturated rings. The molecule has 0 saturated heterocycles. The van der Waals surface area contributed by atoms with Crippen molar-refractivity contribution in [3.8, 4) is 11.5 Å². The van der Waals surface area contributed by atoms with Crippen LogP contribution in [0.2, 0.25) is 0 Å². The highest BCUT2D eigenvalue weighted by Crippen LogP contribution is 2.31. The average molecular weight is 305 g/mol. The minimum absolute atomic E-state index is 0.0667. The van der Waals surface area contributed by atoms with Crippen LogP contribution in [0.5, 0.6) is 11.5 Å². The average Bonchev–Trinajstić information content (AvgIpc) is 2.52. The first-order valence-corrected chi connectivity index (χ1v) is 7.20. The summed E-state index contributed by atoms with van der Waals surface area (Å²) in [6.07, 6.45) is 0. The van der Waals surface area contributed by atoms with Crippen LogP contribution in [0.15, 0.2) is 47.4 Å². The van der Waals surface area contributed by atoms with Crippen LogP contribution in [-0.4, -0.2) is 19.1 Å². The topological polar surface area (TPSA) is 61.6 Å². The monoisotopic (exact) mass is 305 g/mol. The Bertz CT molecular complexity index is 645. The summed E-state index contributed by atoms with van der Waals surface area (Å²) in [6.45, 7) is 0. The van der Waals surface area contributed by atoms with Gasteiger partial charge in [0.25, 0.3) is 5.69 Å². The molecule has 2 rings (SSSR count). The summed E-state index contributed by atoms with van der Waals surface area (Å²) in [6, 6.07) is 12.3. The van der Waals surface area contributed by atoms with Crippen LogP contribution in [0, 0.1) is 10.1 Å². The van der Waals surface area contributed by atoms with Gasteiger partial charge < -0.3 is 9.47 Å². The van der Waals surface area contributed by atoms with Crippen molar-refractivity contribution in [2.24, 2.45) is 0 Å². The highest BCUT2D eigenvalue weighted by Gasteiger charge is 2.11. The summed E-state index contributed by atoms with van der Waals surface area (Å²) in [7, 11) is 3.17. The van der Waals surface area contributed by atoms with Crippen molar-refractivity contribution in [2.45, 2.75) is 10.6 Å². The Morgan fingerprint density at radius 2 is 1.95 bits per heavy atom. The molecule has 5 nitrogen and oxygen atoms in total. The normalized spacial score (nSPS) is 10.2. The maximum atomic E-state index is 10.9. The van der Waals surface area contributed by atoms with Crippen LogP contribution >= 0.6 is 11.8 Å². The summed E-state index contributed by atoms with van der Waals surface area (Å²) in [5.41, 5.74) is 0.858. The largest absolute Gasteiger partial charge is 0.497 e. The molecular formula is C15H15NO4S. The Morgan fingerprint density at radius 3 is 2.62 bits per heavy atom. The first kappa shape index (κ1) is 15.2. The Morgan fingerprint density at radius 1 is 1.14 bits per heavy atom. The van der Waals surface area contributed by atoms with Crippen LogP contribution in [0.4, 0.5) is 5.69 Å². The smallest absolute Gasteiger partial charge is 0.270 e. The predicted octanol–water partition coefficient (Wildman–Crippen LogP) is 3.90. The van der Waals surface area contributed by atoms with Crippen molar-refractivity contribution < 1.29 is 14.4 Å². The van der Waals surface area contributed by atoms with Crippen LogP contribution in [0.25, 0.3) is 0 Å². The van der Waals surface area contributed by atoms with Crippen molar-refractivity contribution >= 4 is 17.4 Å². The molecule has 2 aromatic rings. The molecule has 110 valence electrons. The van der Waals surface area contributed by atoms with E-state index in [1.54, 1.807) is 38.1 Å². The lowest BCUT2D eigenvalue weighted by Gasteiger charge is -2.08. The van der Waals surface area contributed by atoms with Crippen LogP contribution in [-0.2, 0) is 5.75 Å². The quantitative estimate of drug-likeness (QED) is 0.460. The molecule has 0 aliphatic rings. The molecule has 0 heterocycles. The van der Waals surface area contributed by atoms with E-state index in [1.807, 2.05) is 24.3 Å². The van der Waals surface area contributed by atoms with Crippen LogP contribution in [0.1, 0.15) is 5.56 Å². The van der Waals surface area contributed by atoms with E-state index in [-0.39, 0.29) is 5.69 Å². The molecule has 0 aliphatic heterocycles. The lowest BCUT2D eigenvalue weighted by molar-refractivity contribution is -0.384. The number of rotatable bonds is 6. The molecule has 0 spiro atoms. The molecular weight excluding hydrogens is 290 g/mol. The second-order valence-corrected chi connectivity index (χ2v) is 5.27. The molecule has 21 heavy (non-hydrogen) atoms. The number of hydrogen-bond acceptors (Lipinski definition) is 5. The lowest BCUT2D eigenvalue weighted by Crippen LogP contribution is -1.94. The zero-order valence-electron chi connectivity index (χ0n) is 11.7. The third kappa shape index (κ3) is 3.88. The van der Waals surface area contributed by atoms with E-state index < -0.39 is 4.92 Å². The fourth-order valence-electron chi connectivity index (χ4n) is 1.84. The summed E-state index contributed by atoms with van der Waals surface area (Å²) in [5.74, 6) is 2.01. The minimum Gasteiger partial charge on any atom is -0.497 e. The molecule has 2 aromatic carbocycles. The van der Waals surface area contributed by atoms with Gasteiger partial charge in [-0.3, -0.25) is 10.1 Å². The van der Waals surface area contributed by atoms with Crippen LogP contribution < -0.4 is 9.47 Å². The van der Waals surface area contributed by atoms with Crippen molar-refractivity contribution in [1.29, 1.82) is 0 Å². The maximum absolute atomic E-state index is 10.9. The SMILES string of the molecule is COc1cccc(SCc2cc([N+](=O)[O-])ccc2OC)c1. The summed E-state index contributed by atoms with van der Waals surface area (Å²) >= 11 is 1.57. The first-order valence-electron chi connectivity index (χ1n) is 6.22. The van der Waals surface area contributed by atoms with Crippen molar-refractivity contribution in [3.63, 3.8) is 0 Å². The summed E-state index contributed by atoms with van der Waals surface area (Å²) < 4.78 is 10.4. The Hall–Kier alpha value is -2.21. The molecule has 0 saturated carbocycles. The molecule has 0 N–H and O–H groups in total. The molecule has 0 aliphatic carbocycles. The van der Waals surface area contributed by atoms with Gasteiger partial charge in [0.2, 0.25) is 0 Å². The molecule has 0 aromatic heterocycles. The fourth-order valence-corrected chi connectivity index (χ4v) is 2.77. The predicted molar refractivity (Wildman–Crippen MR) is 82.2 cm³/mol. The van der Waals surface area contributed by atoms with Gasteiger partial charge in [-0.05, 0) is 24.3 Å². The Balaban J connectivity index is 2.17. The van der Waals surface area contributed by atoms with Crippen molar-refractivity contribution in [3.05, 3.63) is 58.1 Å². The molecule has 0 bridgehead atoms. The molecule has 0 atom stereocenters. The number of ether oxygens (including phenoxy) is 2. The van der Waals surface area contributed by atoms with E-state index in [0.29, 0.717) is 11.5 Å². The molecule has 0 radical (unpaired) electrons. The highest BCUT2D eigenvalue weighted by atomic mass is 32.2. The number of non-ortho nitro benzene ring substituents is 1. The standard InChI is InChI=1S/C15H15NO4S/c1-19-13-4-3-5-14(9-13)21-10-11-8-12(16(17)18)6-7-15(11)20-2/h3-9H,10H2,1-2H3. The second kappa shape index (κ2) is 6.99. The second-order valence-electron chi connectivity index (χ2n) is 4.22. The number of methoxy groups -OCH3 is 2. The van der Waals surface area contributed by atoms with Gasteiger partial charge in [-0.15, -0.1) is 11.8 Å². The van der Waals surface area contributed by atoms with E-state index in [2.05, 4.69) is 0 Å². The van der Waals surface area contributed by atoms with Gasteiger partial charge in [0.05, 0.1) is 19.1 Å². The van der Waals surface area contributed by atoms with E-state index in [0.717, 1.165) is 16.2 Å². The van der Waals surface area contributed by atoms with Crippen molar-refractivity contribution in [1.82, 2.24) is 0 Å². The highest BCUT2D eigenvalue weighted by molar-refractivity contribution is 7.98. The Kier molecular flexibility index (Phi) is 5.05. The Labute approximate surface area is 127 Å². The maximum Gasteiger partial charge on any atom is 0.270 e. The van der Waals surface area contributed by atoms with E-state index >= 15 is 0 Å². The van der Waals surface area contributed by atoms with Gasteiger partial charge >= 0.3 is 0 Å². The van der Waals surface area contributed by atoms with E-state index in [9.17, 15) is 10.1 Å². The molecule has 0 amide bonds. The summed E-state index contributed by atoms with van der Waals surface area (Å²) in [4.78, 5) is 11.5. The number of hydrogen-bond donors (Lipinski definition) is 0. The molecule has 6 heteroatoms. The number of nitro groups is 1. The number of nitro benzene ring substituents is 1. The third-order valence-electron chi connectivity index (χ3n) is 2.91. The number of nitrogens with zero attached hydrogens (tertiary/aromatic N) is 1. The van der Waals surface area contributed by atoms with Gasteiger partial charge in [0.1, 0.15) is 11.5 Å². The van der Waals surface area contributed by atoms with Gasteiger partial charge in [0.15, 0.2) is 0 Å². The first-order chi connectivity index (χ1) is 10.1. The van der Waals surface area contributed by atoms with Gasteiger partial charge in [-0.25, -0.2) is 0 Å².